The molecule has 0 aliphatic heterocycles. The number of hydrogen-bond donors (Lipinski definition) is 1. The number of benzene rings is 2. The summed E-state index contributed by atoms with van der Waals surface area (Å²) in [6, 6.07) is 22.6. The van der Waals surface area contributed by atoms with Crippen LogP contribution in [0.1, 0.15) is 52.5 Å². The van der Waals surface area contributed by atoms with Gasteiger partial charge in [-0.3, -0.25) is 14.8 Å². The molecule has 1 N–H and O–H groups in total. The van der Waals surface area contributed by atoms with Gasteiger partial charge in [-0.05, 0) is 30.5 Å². The minimum absolute atomic E-state index is 0.0484. The van der Waals surface area contributed by atoms with Crippen molar-refractivity contribution in [2.75, 3.05) is 12.4 Å². The maximum atomic E-state index is 13.2. The minimum atomic E-state index is -0.337. The van der Waals surface area contributed by atoms with Crippen LogP contribution in [0.5, 0.6) is 5.75 Å². The number of nitrogens with one attached hydrogen (secondary N) is 1. The molecule has 1 amide bonds. The van der Waals surface area contributed by atoms with Gasteiger partial charge in [0.05, 0.1) is 36.0 Å². The monoisotopic (exact) mass is 480 g/mol. The fraction of sp³-hybridized carbons (Fsp3) is 0.214. The Morgan fingerprint density at radius 2 is 1.67 bits per heavy atom. The van der Waals surface area contributed by atoms with Crippen LogP contribution in [0.3, 0.4) is 0 Å². The Morgan fingerprint density at radius 1 is 1.00 bits per heavy atom. The molecule has 0 fully saturated rings. The van der Waals surface area contributed by atoms with E-state index < -0.39 is 0 Å². The Morgan fingerprint density at radius 3 is 2.22 bits per heavy atom. The summed E-state index contributed by atoms with van der Waals surface area (Å²) in [6.07, 6.45) is 4.10. The summed E-state index contributed by atoms with van der Waals surface area (Å²) >= 11 is 0. The van der Waals surface area contributed by atoms with Crippen LogP contribution in [0.4, 0.5) is 5.95 Å². The van der Waals surface area contributed by atoms with Crippen molar-refractivity contribution in [3.05, 3.63) is 107 Å². The van der Waals surface area contributed by atoms with Crippen molar-refractivity contribution >= 4 is 17.4 Å². The van der Waals surface area contributed by atoms with E-state index in [4.69, 9.17) is 9.84 Å². The lowest BCUT2D eigenvalue weighted by Gasteiger charge is -2.17. The zero-order valence-corrected chi connectivity index (χ0v) is 20.5. The Labute approximate surface area is 209 Å². The number of rotatable bonds is 8. The molecule has 2 aromatic carbocycles. The number of anilines is 1. The molecule has 8 nitrogen and oxygen atoms in total. The molecule has 0 unspecified atom stereocenters. The number of pyridine rings is 1. The maximum Gasteiger partial charge on any atom is 0.261 e. The number of ether oxygens (including phenoxy) is 1. The van der Waals surface area contributed by atoms with E-state index in [1.54, 1.807) is 24.3 Å². The second-order valence-corrected chi connectivity index (χ2v) is 8.44. The average Bonchev–Trinajstić information content (AvgIpc) is 3.52. The highest BCUT2D eigenvalue weighted by atomic mass is 16.5. The summed E-state index contributed by atoms with van der Waals surface area (Å²) in [4.78, 5) is 17.4. The Hall–Kier alpha value is -4.46. The van der Waals surface area contributed by atoms with Crippen molar-refractivity contribution in [1.82, 2.24) is 24.4 Å². The number of amides is 1. The van der Waals surface area contributed by atoms with E-state index in [1.165, 1.54) is 0 Å². The Kier molecular flexibility index (Phi) is 6.49. The first kappa shape index (κ1) is 23.3. The molecule has 5 aromatic rings. The van der Waals surface area contributed by atoms with Crippen LogP contribution >= 0.6 is 0 Å². The van der Waals surface area contributed by atoms with E-state index in [-0.39, 0.29) is 17.8 Å². The lowest BCUT2D eigenvalue weighted by Crippen LogP contribution is -2.15. The van der Waals surface area contributed by atoms with E-state index >= 15 is 0 Å². The number of methoxy groups -OCH3 is 1. The number of carbonyl (C=O) groups excluding carboxylic acids is 1. The van der Waals surface area contributed by atoms with Gasteiger partial charge >= 0.3 is 0 Å². The minimum Gasteiger partial charge on any atom is -0.494 e. The largest absolute Gasteiger partial charge is 0.494 e. The third-order valence-corrected chi connectivity index (χ3v) is 6.31. The van der Waals surface area contributed by atoms with Gasteiger partial charge in [0.25, 0.3) is 5.91 Å². The zero-order chi connectivity index (χ0) is 25.1. The highest BCUT2D eigenvalue weighted by molar-refractivity contribution is 6.06. The van der Waals surface area contributed by atoms with Crippen molar-refractivity contribution in [2.45, 2.75) is 32.7 Å². The lowest BCUT2D eigenvalue weighted by molar-refractivity contribution is 0.102. The Bertz CT molecular complexity index is 1450. The van der Waals surface area contributed by atoms with Crippen LogP contribution in [0.25, 0.3) is 5.52 Å². The molecule has 0 saturated carbocycles. The average molecular weight is 481 g/mol. The van der Waals surface area contributed by atoms with E-state index in [9.17, 15) is 4.79 Å². The third-order valence-electron chi connectivity index (χ3n) is 6.31. The second-order valence-electron chi connectivity index (χ2n) is 8.44. The maximum absolute atomic E-state index is 13.2. The van der Waals surface area contributed by atoms with Gasteiger partial charge in [-0.2, -0.15) is 5.10 Å². The molecule has 0 atom stereocenters. The molecule has 0 bridgehead atoms. The standard InChI is InChI=1S/C28H28N6O2/c1-4-21-23-16-22(27(35)30-28-29-18-33(5-2)32-28)24(36-3)17-34(23)31-26(21)25(19-12-8-6-9-13-19)20-14-10-7-11-15-20/h6-18,25H,4-5H2,1-3H3,(H,30,32,35). The zero-order valence-electron chi connectivity index (χ0n) is 20.5. The smallest absolute Gasteiger partial charge is 0.261 e. The second kappa shape index (κ2) is 10.0. The number of fused-ring (bicyclic) bond motifs is 1. The fourth-order valence-electron chi connectivity index (χ4n) is 4.55. The van der Waals surface area contributed by atoms with Gasteiger partial charge in [0.15, 0.2) is 0 Å². The van der Waals surface area contributed by atoms with Crippen LogP contribution in [-0.2, 0) is 13.0 Å². The molecule has 8 heteroatoms. The van der Waals surface area contributed by atoms with Crippen molar-refractivity contribution in [2.24, 2.45) is 0 Å². The first-order chi connectivity index (χ1) is 17.6. The van der Waals surface area contributed by atoms with Crippen LogP contribution in [-0.4, -0.2) is 37.4 Å². The summed E-state index contributed by atoms with van der Waals surface area (Å²) < 4.78 is 9.05. The number of carbonyl (C=O) groups is 1. The summed E-state index contributed by atoms with van der Waals surface area (Å²) in [5.41, 5.74) is 5.61. The van der Waals surface area contributed by atoms with Crippen LogP contribution in [0.15, 0.2) is 79.3 Å². The summed E-state index contributed by atoms with van der Waals surface area (Å²) in [5.74, 6) is 0.285. The van der Waals surface area contributed by atoms with Gasteiger partial charge in [-0.25, -0.2) is 9.50 Å². The van der Waals surface area contributed by atoms with Crippen molar-refractivity contribution < 1.29 is 9.53 Å². The molecular formula is C28H28N6O2. The van der Waals surface area contributed by atoms with E-state index in [0.29, 0.717) is 17.9 Å². The van der Waals surface area contributed by atoms with Gasteiger partial charge in [-0.1, -0.05) is 67.6 Å². The van der Waals surface area contributed by atoms with Crippen molar-refractivity contribution in [3.8, 4) is 5.75 Å². The summed E-state index contributed by atoms with van der Waals surface area (Å²) in [5, 5.41) is 12.1. The normalized spacial score (nSPS) is 11.2. The highest BCUT2D eigenvalue weighted by Gasteiger charge is 2.26. The number of aryl methyl sites for hydroxylation is 2. The molecule has 0 radical (unpaired) electrons. The SMILES string of the molecule is CCc1c(C(c2ccccc2)c2ccccc2)nn2cc(OC)c(C(=O)Nc3ncn(CC)n3)cc12. The van der Waals surface area contributed by atoms with Gasteiger partial charge in [0.1, 0.15) is 12.1 Å². The lowest BCUT2D eigenvalue weighted by atomic mass is 9.86. The third kappa shape index (κ3) is 4.33. The van der Waals surface area contributed by atoms with Gasteiger partial charge in [0, 0.05) is 12.1 Å². The molecular weight excluding hydrogens is 452 g/mol. The fourth-order valence-corrected chi connectivity index (χ4v) is 4.55. The van der Waals surface area contributed by atoms with Crippen LogP contribution in [0, 0.1) is 0 Å². The Balaban J connectivity index is 1.63. The molecule has 0 saturated heterocycles. The number of aromatic nitrogens is 5. The van der Waals surface area contributed by atoms with E-state index in [0.717, 1.165) is 34.3 Å². The number of hydrogen-bond acceptors (Lipinski definition) is 5. The molecule has 182 valence electrons. The first-order valence-electron chi connectivity index (χ1n) is 12.0. The quantitative estimate of drug-likeness (QED) is 0.340. The predicted molar refractivity (Wildman–Crippen MR) is 139 cm³/mol. The summed E-state index contributed by atoms with van der Waals surface area (Å²) in [7, 11) is 1.55. The highest BCUT2D eigenvalue weighted by Crippen LogP contribution is 2.36. The molecule has 0 aliphatic rings. The molecule has 3 heterocycles. The van der Waals surface area contributed by atoms with Gasteiger partial charge < -0.3 is 4.74 Å². The van der Waals surface area contributed by atoms with E-state index in [2.05, 4.69) is 46.6 Å². The molecule has 3 aromatic heterocycles. The molecule has 36 heavy (non-hydrogen) atoms. The van der Waals surface area contributed by atoms with Gasteiger partial charge in [0.2, 0.25) is 5.95 Å². The molecule has 0 aliphatic carbocycles. The van der Waals surface area contributed by atoms with Crippen molar-refractivity contribution in [1.29, 1.82) is 0 Å². The van der Waals surface area contributed by atoms with Gasteiger partial charge in [-0.15, -0.1) is 5.10 Å². The van der Waals surface area contributed by atoms with Crippen LogP contribution < -0.4 is 10.1 Å². The first-order valence-corrected chi connectivity index (χ1v) is 12.0. The van der Waals surface area contributed by atoms with Crippen molar-refractivity contribution in [3.63, 3.8) is 0 Å². The predicted octanol–water partition coefficient (Wildman–Crippen LogP) is 4.95. The topological polar surface area (TPSA) is 86.3 Å². The number of nitrogens with zero attached hydrogens (tertiary/aromatic N) is 5. The molecule has 0 spiro atoms. The summed E-state index contributed by atoms with van der Waals surface area (Å²) in [6.45, 7) is 4.73. The molecule has 5 rings (SSSR count). The van der Waals surface area contributed by atoms with E-state index in [1.807, 2.05) is 53.9 Å². The van der Waals surface area contributed by atoms with Crippen LogP contribution in [0.2, 0.25) is 0 Å².